The monoisotopic (exact) mass is 407 g/mol. The summed E-state index contributed by atoms with van der Waals surface area (Å²) in [5.41, 5.74) is 3.39. The Hall–Kier alpha value is -3.13. The predicted octanol–water partition coefficient (Wildman–Crippen LogP) is 2.65. The lowest BCUT2D eigenvalue weighted by Crippen LogP contribution is -2.35. The first-order valence-electron chi connectivity index (χ1n) is 8.33. The highest BCUT2D eigenvalue weighted by molar-refractivity contribution is 6.35. The summed E-state index contributed by atoms with van der Waals surface area (Å²) in [5.74, 6) is -1.32. The molecule has 2 aromatic rings. The molecule has 0 aliphatic carbocycles. The number of nitrogens with one attached hydrogen (secondary N) is 2. The predicted molar refractivity (Wildman–Crippen MR) is 103 cm³/mol. The van der Waals surface area contributed by atoms with Crippen LogP contribution in [-0.4, -0.2) is 31.7 Å². The van der Waals surface area contributed by atoms with Crippen molar-refractivity contribution in [3.63, 3.8) is 0 Å². The molecule has 0 fully saturated rings. The minimum atomic E-state index is -0.894. The van der Waals surface area contributed by atoms with Crippen molar-refractivity contribution < 1.29 is 23.5 Å². The average Bonchev–Trinajstić information content (AvgIpc) is 2.68. The summed E-state index contributed by atoms with van der Waals surface area (Å²) in [5, 5.41) is 6.16. The van der Waals surface area contributed by atoms with Gasteiger partial charge in [0.05, 0.1) is 17.8 Å². The largest absolute Gasteiger partial charge is 0.490 e. The Morgan fingerprint density at radius 2 is 1.89 bits per heavy atom. The van der Waals surface area contributed by atoms with E-state index in [0.29, 0.717) is 23.7 Å². The number of amides is 2. The maximum atomic E-state index is 13.0. The summed E-state index contributed by atoms with van der Waals surface area (Å²) in [6, 6.07) is 9.11. The fraction of sp³-hybridized carbons (Fsp3) is 0.211. The topological polar surface area (TPSA) is 89.0 Å². The molecule has 7 nitrogen and oxygen atoms in total. The van der Waals surface area contributed by atoms with Crippen molar-refractivity contribution in [2.75, 3.05) is 13.7 Å². The van der Waals surface area contributed by atoms with Crippen LogP contribution in [0, 0.1) is 5.82 Å². The van der Waals surface area contributed by atoms with Gasteiger partial charge in [-0.25, -0.2) is 9.82 Å². The smallest absolute Gasteiger partial charge is 0.329 e. The fourth-order valence-corrected chi connectivity index (χ4v) is 2.41. The Morgan fingerprint density at radius 1 is 1.18 bits per heavy atom. The second-order valence-electron chi connectivity index (χ2n) is 5.46. The lowest BCUT2D eigenvalue weighted by atomic mass is 10.2. The Balaban J connectivity index is 2.14. The lowest BCUT2D eigenvalue weighted by molar-refractivity contribution is -0.138. The van der Waals surface area contributed by atoms with E-state index in [1.165, 1.54) is 25.4 Å². The molecule has 0 spiro atoms. The molecule has 2 aromatic carbocycles. The minimum absolute atomic E-state index is 0.176. The number of benzene rings is 2. The van der Waals surface area contributed by atoms with Gasteiger partial charge in [0, 0.05) is 7.05 Å². The SMILES string of the molecule is CCOc1cc(/C=N\NC(=O)C(=O)NC)cc(Cl)c1OCc1ccc(F)cc1. The van der Waals surface area contributed by atoms with Crippen molar-refractivity contribution in [1.82, 2.24) is 10.7 Å². The van der Waals surface area contributed by atoms with Crippen molar-refractivity contribution in [2.45, 2.75) is 13.5 Å². The molecule has 0 saturated carbocycles. The van der Waals surface area contributed by atoms with E-state index in [4.69, 9.17) is 21.1 Å². The van der Waals surface area contributed by atoms with Gasteiger partial charge in [-0.05, 0) is 42.3 Å². The van der Waals surface area contributed by atoms with Crippen molar-refractivity contribution in [3.8, 4) is 11.5 Å². The van der Waals surface area contributed by atoms with E-state index in [2.05, 4.69) is 15.8 Å². The standard InChI is InChI=1S/C19H19ClFN3O4/c1-3-27-16-9-13(10-23-24-19(26)18(25)22-2)8-15(20)17(16)28-11-12-4-6-14(21)7-5-12/h4-10H,3,11H2,1-2H3,(H,22,25)(H,24,26)/b23-10-. The van der Waals surface area contributed by atoms with Gasteiger partial charge in [-0.3, -0.25) is 9.59 Å². The Kier molecular flexibility index (Phi) is 7.76. The van der Waals surface area contributed by atoms with Gasteiger partial charge in [0.25, 0.3) is 0 Å². The molecular formula is C19H19ClFN3O4. The van der Waals surface area contributed by atoms with Crippen LogP contribution in [0.1, 0.15) is 18.1 Å². The third kappa shape index (κ3) is 5.95. The number of carbonyl (C=O) groups excluding carboxylic acids is 2. The number of hydrogen-bond donors (Lipinski definition) is 2. The first-order chi connectivity index (χ1) is 13.4. The van der Waals surface area contributed by atoms with Crippen molar-refractivity contribution in [3.05, 3.63) is 58.4 Å². The number of rotatable bonds is 7. The van der Waals surface area contributed by atoms with Crippen LogP contribution in [0.15, 0.2) is 41.5 Å². The van der Waals surface area contributed by atoms with Gasteiger partial charge < -0.3 is 14.8 Å². The highest BCUT2D eigenvalue weighted by atomic mass is 35.5. The number of likely N-dealkylation sites (N-methyl/N-ethyl adjacent to an activating group) is 1. The number of ether oxygens (including phenoxy) is 2. The van der Waals surface area contributed by atoms with Crippen LogP contribution < -0.4 is 20.2 Å². The Labute approximate surface area is 166 Å². The number of carbonyl (C=O) groups is 2. The minimum Gasteiger partial charge on any atom is -0.490 e. The molecule has 0 saturated heterocycles. The van der Waals surface area contributed by atoms with Crippen LogP contribution in [0.25, 0.3) is 0 Å². The zero-order chi connectivity index (χ0) is 20.5. The number of hydrogen-bond acceptors (Lipinski definition) is 5. The molecule has 2 N–H and O–H groups in total. The quantitative estimate of drug-likeness (QED) is 0.419. The molecule has 0 aliphatic heterocycles. The van der Waals surface area contributed by atoms with Gasteiger partial charge in [-0.2, -0.15) is 5.10 Å². The molecule has 9 heteroatoms. The average molecular weight is 408 g/mol. The molecule has 2 rings (SSSR count). The fourth-order valence-electron chi connectivity index (χ4n) is 2.13. The lowest BCUT2D eigenvalue weighted by Gasteiger charge is -2.14. The zero-order valence-electron chi connectivity index (χ0n) is 15.3. The molecular weight excluding hydrogens is 389 g/mol. The van der Waals surface area contributed by atoms with Gasteiger partial charge in [-0.1, -0.05) is 23.7 Å². The molecule has 0 aromatic heterocycles. The van der Waals surface area contributed by atoms with E-state index in [9.17, 15) is 14.0 Å². The summed E-state index contributed by atoms with van der Waals surface area (Å²) in [6.07, 6.45) is 1.32. The van der Waals surface area contributed by atoms with Gasteiger partial charge in [0.2, 0.25) is 0 Å². The molecule has 0 unspecified atom stereocenters. The van der Waals surface area contributed by atoms with E-state index in [1.807, 2.05) is 6.92 Å². The third-order valence-electron chi connectivity index (χ3n) is 3.44. The van der Waals surface area contributed by atoms with Crippen LogP contribution in [0.2, 0.25) is 5.02 Å². The summed E-state index contributed by atoms with van der Waals surface area (Å²) in [6.45, 7) is 2.36. The maximum Gasteiger partial charge on any atom is 0.329 e. The zero-order valence-corrected chi connectivity index (χ0v) is 16.0. The molecule has 148 valence electrons. The highest BCUT2D eigenvalue weighted by Gasteiger charge is 2.13. The van der Waals surface area contributed by atoms with E-state index in [-0.39, 0.29) is 17.4 Å². The van der Waals surface area contributed by atoms with Crippen LogP contribution >= 0.6 is 11.6 Å². The summed E-state index contributed by atoms with van der Waals surface area (Å²) in [4.78, 5) is 22.5. The normalized spacial score (nSPS) is 10.6. The van der Waals surface area contributed by atoms with Crippen LogP contribution in [0.3, 0.4) is 0 Å². The van der Waals surface area contributed by atoms with E-state index < -0.39 is 11.8 Å². The van der Waals surface area contributed by atoms with E-state index >= 15 is 0 Å². The second-order valence-corrected chi connectivity index (χ2v) is 5.86. The highest BCUT2D eigenvalue weighted by Crippen LogP contribution is 2.36. The molecule has 0 radical (unpaired) electrons. The van der Waals surface area contributed by atoms with E-state index in [1.54, 1.807) is 24.3 Å². The first-order valence-corrected chi connectivity index (χ1v) is 8.71. The Bertz CT molecular complexity index is 872. The molecule has 0 bridgehead atoms. The van der Waals surface area contributed by atoms with Crippen molar-refractivity contribution in [2.24, 2.45) is 5.10 Å². The number of halogens is 2. The van der Waals surface area contributed by atoms with Crippen LogP contribution in [-0.2, 0) is 16.2 Å². The van der Waals surface area contributed by atoms with Gasteiger partial charge in [0.15, 0.2) is 11.5 Å². The first kappa shape index (κ1) is 21.2. The van der Waals surface area contributed by atoms with Crippen molar-refractivity contribution in [1.29, 1.82) is 0 Å². The molecule has 0 aliphatic rings. The molecule has 2 amide bonds. The summed E-state index contributed by atoms with van der Waals surface area (Å²) in [7, 11) is 1.34. The Morgan fingerprint density at radius 3 is 2.54 bits per heavy atom. The summed E-state index contributed by atoms with van der Waals surface area (Å²) < 4.78 is 24.3. The second kappa shape index (κ2) is 10.3. The molecule has 0 atom stereocenters. The van der Waals surface area contributed by atoms with E-state index in [0.717, 1.165) is 5.56 Å². The molecule has 0 heterocycles. The summed E-state index contributed by atoms with van der Waals surface area (Å²) >= 11 is 6.30. The van der Waals surface area contributed by atoms with Gasteiger partial charge >= 0.3 is 11.8 Å². The third-order valence-corrected chi connectivity index (χ3v) is 3.72. The maximum absolute atomic E-state index is 13.0. The molecule has 28 heavy (non-hydrogen) atoms. The number of hydrazone groups is 1. The van der Waals surface area contributed by atoms with Crippen LogP contribution in [0.4, 0.5) is 4.39 Å². The van der Waals surface area contributed by atoms with Gasteiger partial charge in [0.1, 0.15) is 12.4 Å². The van der Waals surface area contributed by atoms with Crippen LogP contribution in [0.5, 0.6) is 11.5 Å². The van der Waals surface area contributed by atoms with Crippen molar-refractivity contribution >= 4 is 29.6 Å². The van der Waals surface area contributed by atoms with Gasteiger partial charge in [-0.15, -0.1) is 0 Å². The number of nitrogens with zero attached hydrogens (tertiary/aromatic N) is 1.